The third-order valence-corrected chi connectivity index (χ3v) is 7.60. The maximum atomic E-state index is 14.2. The van der Waals surface area contributed by atoms with Crippen LogP contribution in [-0.2, 0) is 32.6 Å². The predicted molar refractivity (Wildman–Crippen MR) is 161 cm³/mol. The van der Waals surface area contributed by atoms with Crippen LogP contribution in [-0.4, -0.2) is 64.7 Å². The highest BCUT2D eigenvalue weighted by Crippen LogP contribution is 2.30. The Labute approximate surface area is 243 Å². The Morgan fingerprint density at radius 1 is 0.878 bits per heavy atom. The monoisotopic (exact) mass is 581 g/mol. The highest BCUT2D eigenvalue weighted by atomic mass is 32.2. The largest absolute Gasteiger partial charge is 0.497 e. The summed E-state index contributed by atoms with van der Waals surface area (Å²) in [5, 5.41) is 2.97. The topological polar surface area (TPSA) is 105 Å². The summed E-state index contributed by atoms with van der Waals surface area (Å²) in [6.07, 6.45) is 1.28. The fourth-order valence-electron chi connectivity index (χ4n) is 4.37. The van der Waals surface area contributed by atoms with Crippen LogP contribution >= 0.6 is 0 Å². The number of carbonyl (C=O) groups excluding carboxylic acids is 2. The molecule has 0 aromatic heterocycles. The molecule has 3 rings (SSSR count). The second kappa shape index (κ2) is 14.5. The number of benzene rings is 3. The zero-order valence-corrected chi connectivity index (χ0v) is 25.1. The number of nitrogens with zero attached hydrogens (tertiary/aromatic N) is 2. The molecule has 0 aliphatic carbocycles. The molecule has 0 fully saturated rings. The molecule has 0 bridgehead atoms. The van der Waals surface area contributed by atoms with Crippen molar-refractivity contribution in [2.75, 3.05) is 37.9 Å². The minimum absolute atomic E-state index is 0.0617. The van der Waals surface area contributed by atoms with Gasteiger partial charge in [-0.2, -0.15) is 0 Å². The molecule has 10 heteroatoms. The number of sulfonamides is 1. The lowest BCUT2D eigenvalue weighted by Gasteiger charge is -2.34. The predicted octanol–water partition coefficient (Wildman–Crippen LogP) is 3.88. The van der Waals surface area contributed by atoms with Gasteiger partial charge in [0.25, 0.3) is 0 Å². The molecule has 9 nitrogen and oxygen atoms in total. The zero-order chi connectivity index (χ0) is 30.0. The Bertz CT molecular complexity index is 1410. The summed E-state index contributed by atoms with van der Waals surface area (Å²) in [5.74, 6) is 0.253. The highest BCUT2D eigenvalue weighted by molar-refractivity contribution is 7.92. The molecular formula is C31H39N3O6S. The van der Waals surface area contributed by atoms with E-state index < -0.39 is 28.5 Å². The van der Waals surface area contributed by atoms with Gasteiger partial charge in [-0.3, -0.25) is 13.9 Å². The van der Waals surface area contributed by atoms with E-state index in [2.05, 4.69) is 5.32 Å². The molecule has 0 saturated carbocycles. The van der Waals surface area contributed by atoms with Crippen molar-refractivity contribution in [2.24, 2.45) is 5.92 Å². The second-order valence-corrected chi connectivity index (χ2v) is 12.1. The summed E-state index contributed by atoms with van der Waals surface area (Å²) >= 11 is 0. The summed E-state index contributed by atoms with van der Waals surface area (Å²) in [4.78, 5) is 29.3. The molecular weight excluding hydrogens is 542 g/mol. The summed E-state index contributed by atoms with van der Waals surface area (Å²) in [6.45, 7) is 3.95. The van der Waals surface area contributed by atoms with Crippen LogP contribution in [0.2, 0.25) is 0 Å². The molecule has 1 N–H and O–H groups in total. The van der Waals surface area contributed by atoms with Gasteiger partial charge in [0.05, 0.1) is 26.2 Å². The minimum Gasteiger partial charge on any atom is -0.497 e. The van der Waals surface area contributed by atoms with Crippen molar-refractivity contribution in [3.05, 3.63) is 90.0 Å². The molecule has 2 amide bonds. The summed E-state index contributed by atoms with van der Waals surface area (Å²) in [6, 6.07) is 22.3. The van der Waals surface area contributed by atoms with E-state index in [1.54, 1.807) is 49.6 Å². The van der Waals surface area contributed by atoms with Gasteiger partial charge in [-0.25, -0.2) is 8.42 Å². The lowest BCUT2D eigenvalue weighted by atomic mass is 10.0. The number of amides is 2. The smallest absolute Gasteiger partial charge is 0.244 e. The molecule has 0 aliphatic heterocycles. The molecule has 41 heavy (non-hydrogen) atoms. The first-order chi connectivity index (χ1) is 19.5. The number of ether oxygens (including phenoxy) is 2. The Balaban J connectivity index is 2.08. The number of para-hydroxylation sites is 2. The van der Waals surface area contributed by atoms with Gasteiger partial charge in [-0.1, -0.05) is 68.4 Å². The number of anilines is 1. The Morgan fingerprint density at radius 3 is 2.17 bits per heavy atom. The molecule has 0 heterocycles. The SMILES string of the molecule is COc1cccc(CN(C(=O)CN(c2ccccc2OC)S(C)(=O)=O)C(Cc2ccccc2)C(=O)NCC(C)C)c1. The summed E-state index contributed by atoms with van der Waals surface area (Å²) in [5.41, 5.74) is 1.83. The number of hydrogen-bond acceptors (Lipinski definition) is 6. The van der Waals surface area contributed by atoms with Crippen molar-refractivity contribution >= 4 is 27.5 Å². The van der Waals surface area contributed by atoms with Gasteiger partial charge in [0, 0.05) is 19.5 Å². The fraction of sp³-hybridized carbons (Fsp3) is 0.355. The van der Waals surface area contributed by atoms with Crippen LogP contribution in [0.1, 0.15) is 25.0 Å². The van der Waals surface area contributed by atoms with E-state index >= 15 is 0 Å². The van der Waals surface area contributed by atoms with Crippen LogP contribution in [0.25, 0.3) is 0 Å². The van der Waals surface area contributed by atoms with Crippen molar-refractivity contribution in [2.45, 2.75) is 32.9 Å². The lowest BCUT2D eigenvalue weighted by Crippen LogP contribution is -2.53. The fourth-order valence-corrected chi connectivity index (χ4v) is 5.23. The first kappa shape index (κ1) is 31.5. The molecule has 0 radical (unpaired) electrons. The Hall–Kier alpha value is -4.05. The third kappa shape index (κ3) is 8.97. The van der Waals surface area contributed by atoms with Crippen molar-refractivity contribution in [3.63, 3.8) is 0 Å². The molecule has 0 aliphatic rings. The van der Waals surface area contributed by atoms with E-state index in [0.29, 0.717) is 18.0 Å². The average molecular weight is 582 g/mol. The van der Waals surface area contributed by atoms with Crippen LogP contribution in [0, 0.1) is 5.92 Å². The van der Waals surface area contributed by atoms with Crippen molar-refractivity contribution < 1.29 is 27.5 Å². The second-order valence-electron chi connectivity index (χ2n) is 10.2. The highest BCUT2D eigenvalue weighted by Gasteiger charge is 2.33. The van der Waals surface area contributed by atoms with Crippen molar-refractivity contribution in [3.8, 4) is 11.5 Å². The molecule has 0 saturated heterocycles. The van der Waals surface area contributed by atoms with Gasteiger partial charge in [-0.05, 0) is 41.3 Å². The van der Waals surface area contributed by atoms with E-state index in [1.807, 2.05) is 50.2 Å². The Kier molecular flexibility index (Phi) is 11.2. The summed E-state index contributed by atoms with van der Waals surface area (Å²) < 4.78 is 37.7. The van der Waals surface area contributed by atoms with E-state index in [9.17, 15) is 18.0 Å². The van der Waals surface area contributed by atoms with E-state index in [-0.39, 0.29) is 30.5 Å². The van der Waals surface area contributed by atoms with Crippen molar-refractivity contribution in [1.82, 2.24) is 10.2 Å². The molecule has 1 atom stereocenters. The molecule has 3 aromatic carbocycles. The number of hydrogen-bond donors (Lipinski definition) is 1. The maximum absolute atomic E-state index is 14.2. The van der Waals surface area contributed by atoms with Crippen molar-refractivity contribution in [1.29, 1.82) is 0 Å². The lowest BCUT2D eigenvalue weighted by molar-refractivity contribution is -0.140. The minimum atomic E-state index is -3.90. The first-order valence-electron chi connectivity index (χ1n) is 13.4. The van der Waals surface area contributed by atoms with Crippen LogP contribution in [0.4, 0.5) is 5.69 Å². The van der Waals surface area contributed by atoms with Gasteiger partial charge < -0.3 is 19.7 Å². The van der Waals surface area contributed by atoms with E-state index in [0.717, 1.165) is 21.7 Å². The van der Waals surface area contributed by atoms with E-state index in [1.165, 1.54) is 12.0 Å². The Morgan fingerprint density at radius 2 is 1.54 bits per heavy atom. The molecule has 1 unspecified atom stereocenters. The molecule has 220 valence electrons. The normalized spacial score (nSPS) is 12.0. The number of nitrogens with one attached hydrogen (secondary N) is 1. The number of carbonyl (C=O) groups is 2. The maximum Gasteiger partial charge on any atom is 0.244 e. The van der Waals surface area contributed by atoms with Crippen LogP contribution in [0.3, 0.4) is 0 Å². The zero-order valence-electron chi connectivity index (χ0n) is 24.2. The standard InChI is InChI=1S/C31H39N3O6S/c1-23(2)20-32-31(36)28(19-24-12-7-6-8-13-24)33(21-25-14-11-15-26(18-25)39-3)30(35)22-34(41(5,37)38)27-16-9-10-17-29(27)40-4/h6-18,23,28H,19-22H2,1-5H3,(H,32,36). The third-order valence-electron chi connectivity index (χ3n) is 6.48. The van der Waals surface area contributed by atoms with Crippen LogP contribution in [0.5, 0.6) is 11.5 Å². The average Bonchev–Trinajstić information content (AvgIpc) is 2.96. The van der Waals surface area contributed by atoms with Gasteiger partial charge in [-0.15, -0.1) is 0 Å². The first-order valence-corrected chi connectivity index (χ1v) is 15.2. The quantitative estimate of drug-likeness (QED) is 0.310. The van der Waals surface area contributed by atoms with Gasteiger partial charge >= 0.3 is 0 Å². The summed E-state index contributed by atoms with van der Waals surface area (Å²) in [7, 11) is -0.916. The van der Waals surface area contributed by atoms with Crippen LogP contribution in [0.15, 0.2) is 78.9 Å². The number of methoxy groups -OCH3 is 2. The van der Waals surface area contributed by atoms with Gasteiger partial charge in [0.2, 0.25) is 21.8 Å². The van der Waals surface area contributed by atoms with Crippen LogP contribution < -0.4 is 19.1 Å². The van der Waals surface area contributed by atoms with E-state index in [4.69, 9.17) is 9.47 Å². The van der Waals surface area contributed by atoms with Gasteiger partial charge in [0.1, 0.15) is 24.1 Å². The van der Waals surface area contributed by atoms with Gasteiger partial charge in [0.15, 0.2) is 0 Å². The molecule has 0 spiro atoms. The molecule has 3 aromatic rings. The number of rotatable bonds is 14.